The number of carbonyl (C=O) groups is 1. The van der Waals surface area contributed by atoms with Gasteiger partial charge in [0, 0.05) is 12.2 Å². The number of aromatic nitrogens is 3. The quantitative estimate of drug-likeness (QED) is 0.812. The van der Waals surface area contributed by atoms with Gasteiger partial charge in [0.15, 0.2) is 0 Å². The van der Waals surface area contributed by atoms with Crippen LogP contribution in [-0.4, -0.2) is 20.3 Å². The number of carbonyl (C=O) groups excluding carboxylic acids is 1. The number of ketones is 1. The molecule has 1 unspecified atom stereocenters. The summed E-state index contributed by atoms with van der Waals surface area (Å²) in [7, 11) is 0. The average molecular weight is 229 g/mol. The predicted octanol–water partition coefficient (Wildman–Crippen LogP) is 2.46. The smallest absolute Gasteiger partial charge is 0.140 e. The zero-order valence-corrected chi connectivity index (χ0v) is 10.1. The van der Waals surface area contributed by atoms with Crippen LogP contribution >= 0.6 is 0 Å². The van der Waals surface area contributed by atoms with Crippen molar-refractivity contribution in [2.24, 2.45) is 0 Å². The molecule has 2 aromatic rings. The molecule has 1 aliphatic carbocycles. The van der Waals surface area contributed by atoms with Crippen LogP contribution in [0.3, 0.4) is 0 Å². The lowest BCUT2D eigenvalue weighted by molar-refractivity contribution is -0.118. The van der Waals surface area contributed by atoms with Gasteiger partial charge in [-0.25, -0.2) is 4.98 Å². The van der Waals surface area contributed by atoms with Crippen LogP contribution in [0.5, 0.6) is 0 Å². The van der Waals surface area contributed by atoms with E-state index < -0.39 is 0 Å². The predicted molar refractivity (Wildman–Crippen MR) is 64.9 cm³/mol. The van der Waals surface area contributed by atoms with Crippen molar-refractivity contribution < 1.29 is 4.79 Å². The normalized spacial score (nSPS) is 17.3. The maximum absolute atomic E-state index is 11.5. The van der Waals surface area contributed by atoms with E-state index in [1.165, 1.54) is 12.8 Å². The third-order valence-electron chi connectivity index (χ3n) is 3.43. The summed E-state index contributed by atoms with van der Waals surface area (Å²) in [6, 6.07) is 2.42. The Kier molecular flexibility index (Phi) is 2.24. The molecular weight excluding hydrogens is 214 g/mol. The molecule has 4 heteroatoms. The van der Waals surface area contributed by atoms with Crippen molar-refractivity contribution in [2.75, 3.05) is 0 Å². The fraction of sp³-hybridized carbons (Fsp3) is 0.462. The SMILES string of the molecule is CC(=O)C(C)c1nc2ccncc2n1C1CC1. The first-order valence-electron chi connectivity index (χ1n) is 6.01. The van der Waals surface area contributed by atoms with Gasteiger partial charge in [-0.05, 0) is 32.8 Å². The Morgan fingerprint density at radius 3 is 2.94 bits per heavy atom. The number of hydrogen-bond donors (Lipinski definition) is 0. The van der Waals surface area contributed by atoms with Crippen molar-refractivity contribution in [1.29, 1.82) is 0 Å². The molecular formula is C13H15N3O. The summed E-state index contributed by atoms with van der Waals surface area (Å²) < 4.78 is 2.20. The summed E-state index contributed by atoms with van der Waals surface area (Å²) >= 11 is 0. The Balaban J connectivity index is 2.22. The molecule has 0 spiro atoms. The van der Waals surface area contributed by atoms with Crippen molar-refractivity contribution in [3.8, 4) is 0 Å². The Labute approximate surface area is 99.7 Å². The molecule has 1 atom stereocenters. The molecule has 1 saturated carbocycles. The van der Waals surface area contributed by atoms with Crippen molar-refractivity contribution in [1.82, 2.24) is 14.5 Å². The van der Waals surface area contributed by atoms with E-state index in [4.69, 9.17) is 0 Å². The monoisotopic (exact) mass is 229 g/mol. The molecule has 2 heterocycles. The first-order valence-corrected chi connectivity index (χ1v) is 6.01. The van der Waals surface area contributed by atoms with Crippen LogP contribution in [0.1, 0.15) is 44.5 Å². The highest BCUT2D eigenvalue weighted by molar-refractivity contribution is 5.84. The van der Waals surface area contributed by atoms with Crippen LogP contribution in [0.2, 0.25) is 0 Å². The van der Waals surface area contributed by atoms with Gasteiger partial charge >= 0.3 is 0 Å². The van der Waals surface area contributed by atoms with E-state index in [2.05, 4.69) is 14.5 Å². The maximum atomic E-state index is 11.5. The highest BCUT2D eigenvalue weighted by Gasteiger charge is 2.30. The summed E-state index contributed by atoms with van der Waals surface area (Å²) in [6.45, 7) is 3.55. The number of rotatable bonds is 3. The molecule has 0 aromatic carbocycles. The second-order valence-corrected chi connectivity index (χ2v) is 4.77. The van der Waals surface area contributed by atoms with Gasteiger partial charge in [0.1, 0.15) is 11.6 Å². The number of imidazole rings is 1. The molecule has 0 N–H and O–H groups in total. The lowest BCUT2D eigenvalue weighted by Gasteiger charge is -2.11. The molecule has 1 fully saturated rings. The largest absolute Gasteiger partial charge is 0.323 e. The van der Waals surface area contributed by atoms with E-state index in [0.717, 1.165) is 16.9 Å². The van der Waals surface area contributed by atoms with Gasteiger partial charge in [-0.1, -0.05) is 0 Å². The first-order chi connectivity index (χ1) is 8.18. The van der Waals surface area contributed by atoms with Crippen molar-refractivity contribution >= 4 is 16.8 Å². The molecule has 0 amide bonds. The van der Waals surface area contributed by atoms with E-state index >= 15 is 0 Å². The molecule has 0 bridgehead atoms. The number of fused-ring (bicyclic) bond motifs is 1. The molecule has 88 valence electrons. The lowest BCUT2D eigenvalue weighted by Crippen LogP contribution is -2.11. The molecule has 1 aliphatic rings. The first kappa shape index (κ1) is 10.4. The Morgan fingerprint density at radius 2 is 2.29 bits per heavy atom. The van der Waals surface area contributed by atoms with Crippen LogP contribution in [0.4, 0.5) is 0 Å². The van der Waals surface area contributed by atoms with Crippen LogP contribution in [0, 0.1) is 0 Å². The third kappa shape index (κ3) is 1.64. The van der Waals surface area contributed by atoms with Crippen LogP contribution in [-0.2, 0) is 4.79 Å². The van der Waals surface area contributed by atoms with Crippen molar-refractivity contribution in [2.45, 2.75) is 38.6 Å². The van der Waals surface area contributed by atoms with Crippen LogP contribution in [0.15, 0.2) is 18.5 Å². The van der Waals surface area contributed by atoms with E-state index in [-0.39, 0.29) is 11.7 Å². The Bertz CT molecular complexity index is 583. The molecule has 0 saturated heterocycles. The topological polar surface area (TPSA) is 47.8 Å². The standard InChI is InChI=1S/C13H15N3O/c1-8(9(2)17)13-15-11-5-6-14-7-12(11)16(13)10-3-4-10/h5-8,10H,3-4H2,1-2H3. The minimum Gasteiger partial charge on any atom is -0.323 e. The number of nitrogens with zero attached hydrogens (tertiary/aromatic N) is 3. The number of hydrogen-bond acceptors (Lipinski definition) is 3. The second-order valence-electron chi connectivity index (χ2n) is 4.77. The van der Waals surface area contributed by atoms with Gasteiger partial charge in [0.2, 0.25) is 0 Å². The minimum absolute atomic E-state index is 0.136. The summed E-state index contributed by atoms with van der Waals surface area (Å²) in [5.74, 6) is 0.918. The van der Waals surface area contributed by atoms with E-state index in [9.17, 15) is 4.79 Å². The molecule has 0 radical (unpaired) electrons. The Morgan fingerprint density at radius 1 is 1.53 bits per heavy atom. The van der Waals surface area contributed by atoms with Gasteiger partial charge in [-0.3, -0.25) is 9.78 Å². The molecule has 17 heavy (non-hydrogen) atoms. The fourth-order valence-electron chi connectivity index (χ4n) is 2.16. The van der Waals surface area contributed by atoms with Gasteiger partial charge in [0.25, 0.3) is 0 Å². The van der Waals surface area contributed by atoms with Crippen LogP contribution in [0.25, 0.3) is 11.0 Å². The zero-order chi connectivity index (χ0) is 12.0. The molecule has 2 aromatic heterocycles. The number of pyridine rings is 1. The second kappa shape index (κ2) is 3.65. The molecule has 0 aliphatic heterocycles. The van der Waals surface area contributed by atoms with Gasteiger partial charge < -0.3 is 4.57 Å². The van der Waals surface area contributed by atoms with Crippen molar-refractivity contribution in [3.63, 3.8) is 0 Å². The average Bonchev–Trinajstić information content (AvgIpc) is 3.08. The minimum atomic E-state index is -0.136. The summed E-state index contributed by atoms with van der Waals surface area (Å²) in [5, 5.41) is 0. The highest BCUT2D eigenvalue weighted by atomic mass is 16.1. The van der Waals surface area contributed by atoms with Gasteiger partial charge in [0.05, 0.1) is 23.1 Å². The van der Waals surface area contributed by atoms with Crippen LogP contribution < -0.4 is 0 Å². The lowest BCUT2D eigenvalue weighted by atomic mass is 10.1. The molecule has 4 nitrogen and oxygen atoms in total. The summed E-state index contributed by atoms with van der Waals surface area (Å²) in [5.41, 5.74) is 1.99. The number of Topliss-reactive ketones (excluding diaryl/α,β-unsaturated/α-hetero) is 1. The fourth-order valence-corrected chi connectivity index (χ4v) is 2.16. The van der Waals surface area contributed by atoms with E-state index in [1.807, 2.05) is 19.2 Å². The highest BCUT2D eigenvalue weighted by Crippen LogP contribution is 2.40. The maximum Gasteiger partial charge on any atom is 0.140 e. The Hall–Kier alpha value is -1.71. The summed E-state index contributed by atoms with van der Waals surface area (Å²) in [4.78, 5) is 20.3. The third-order valence-corrected chi connectivity index (χ3v) is 3.43. The van der Waals surface area contributed by atoms with E-state index in [0.29, 0.717) is 6.04 Å². The van der Waals surface area contributed by atoms with Gasteiger partial charge in [-0.2, -0.15) is 0 Å². The molecule has 3 rings (SSSR count). The van der Waals surface area contributed by atoms with Gasteiger partial charge in [-0.15, -0.1) is 0 Å². The summed E-state index contributed by atoms with van der Waals surface area (Å²) in [6.07, 6.45) is 5.95. The van der Waals surface area contributed by atoms with Crippen molar-refractivity contribution in [3.05, 3.63) is 24.3 Å². The zero-order valence-electron chi connectivity index (χ0n) is 10.1. The van der Waals surface area contributed by atoms with E-state index in [1.54, 1.807) is 13.1 Å².